The van der Waals surface area contributed by atoms with Crippen molar-refractivity contribution in [1.82, 2.24) is 0 Å². The molecule has 0 saturated carbocycles. The van der Waals surface area contributed by atoms with Crippen molar-refractivity contribution >= 4 is 30.8 Å². The Morgan fingerprint density at radius 1 is 0.919 bits per heavy atom. The first kappa shape index (κ1) is 35.1. The summed E-state index contributed by atoms with van der Waals surface area (Å²) in [5.74, 6) is 1.19. The summed E-state index contributed by atoms with van der Waals surface area (Å²) in [6.07, 6.45) is 5.14. The van der Waals surface area contributed by atoms with E-state index in [0.717, 1.165) is 33.8 Å². The number of rotatable bonds is 7. The van der Waals surface area contributed by atoms with Crippen molar-refractivity contribution in [3.63, 3.8) is 0 Å². The Bertz CT molecular complexity index is 1140. The van der Waals surface area contributed by atoms with Gasteiger partial charge < -0.3 is 34.3 Å². The molecule has 0 atom stereocenters. The van der Waals surface area contributed by atoms with Gasteiger partial charge in [0.05, 0.1) is 25.3 Å². The fourth-order valence-corrected chi connectivity index (χ4v) is 3.11. The van der Waals surface area contributed by atoms with Gasteiger partial charge in [0.1, 0.15) is 5.75 Å². The third-order valence-electron chi connectivity index (χ3n) is 3.96. The smallest absolute Gasteiger partial charge is 0.446 e. The Hall–Kier alpha value is -4.10. The molecular weight excluding hydrogens is 507 g/mol. The van der Waals surface area contributed by atoms with Crippen LogP contribution in [-0.4, -0.2) is 73.7 Å². The van der Waals surface area contributed by atoms with Gasteiger partial charge >= 0.3 is 25.0 Å². The van der Waals surface area contributed by atoms with Gasteiger partial charge in [0.2, 0.25) is 5.78 Å². The minimum absolute atomic E-state index is 0.269. The van der Waals surface area contributed by atoms with Crippen LogP contribution < -0.4 is 4.74 Å². The second-order valence-electron chi connectivity index (χ2n) is 6.09. The molecule has 0 unspecified atom stereocenters. The van der Waals surface area contributed by atoms with Crippen LogP contribution in [0.3, 0.4) is 0 Å². The quantitative estimate of drug-likeness (QED) is 0.133. The van der Waals surface area contributed by atoms with Gasteiger partial charge in [-0.1, -0.05) is 5.92 Å². The molecule has 0 radical (unpaired) electrons. The van der Waals surface area contributed by atoms with E-state index in [1.54, 1.807) is 36.4 Å². The summed E-state index contributed by atoms with van der Waals surface area (Å²) in [6, 6.07) is 12.9. The average Bonchev–Trinajstić information content (AvgIpc) is 2.94. The maximum Gasteiger partial charge on any atom is 0.446 e. The molecule has 200 valence electrons. The van der Waals surface area contributed by atoms with Crippen LogP contribution in [0.1, 0.15) is 33.2 Å². The highest BCUT2D eigenvalue weighted by atomic mass is 31.2. The Balaban J connectivity index is 0. The van der Waals surface area contributed by atoms with Crippen molar-refractivity contribution in [2.45, 2.75) is 6.92 Å². The normalized spacial score (nSPS) is 9.14. The molecule has 13 heteroatoms. The van der Waals surface area contributed by atoms with Crippen molar-refractivity contribution in [2.24, 2.45) is 0 Å². The maximum atomic E-state index is 11.4. The zero-order chi connectivity index (χ0) is 29.0. The van der Waals surface area contributed by atoms with Crippen molar-refractivity contribution in [3.05, 3.63) is 70.8 Å². The summed E-state index contributed by atoms with van der Waals surface area (Å²) >= 11 is 0. The van der Waals surface area contributed by atoms with Crippen LogP contribution in [-0.2, 0) is 23.1 Å². The number of carbonyl (C=O) groups is 3. The highest BCUT2D eigenvalue weighted by Gasteiger charge is 2.41. The second-order valence-corrected chi connectivity index (χ2v) is 8.24. The molecule has 0 amide bonds. The van der Waals surface area contributed by atoms with Gasteiger partial charge in [0.25, 0.3) is 0 Å². The van der Waals surface area contributed by atoms with E-state index in [2.05, 4.69) is 24.5 Å². The number of aromatic carboxylic acids is 1. The summed E-state index contributed by atoms with van der Waals surface area (Å²) < 4.78 is 29.6. The highest BCUT2D eigenvalue weighted by Crippen LogP contribution is 2.47. The topological polar surface area (TPSA) is 182 Å². The molecule has 0 aliphatic heterocycles. The van der Waals surface area contributed by atoms with Gasteiger partial charge in [-0.15, -0.1) is 6.42 Å². The molecule has 0 fully saturated rings. The first-order valence-electron chi connectivity index (χ1n) is 9.95. The van der Waals surface area contributed by atoms with E-state index in [0.29, 0.717) is 11.3 Å². The maximum absolute atomic E-state index is 11.4. The first-order valence-corrected chi connectivity index (χ1v) is 11.5. The molecular formula is C24H29N2O10P. The summed E-state index contributed by atoms with van der Waals surface area (Å²) in [4.78, 5) is 34.6. The largest absolute Gasteiger partial charge is 0.497 e. The van der Waals surface area contributed by atoms with Crippen LogP contribution >= 0.6 is 7.60 Å². The SMILES string of the molecule is C#Cc1ccc(C(=O)OC)cc1.CO.COP(=O)(OC)C(=[N+]=[N-])C(C)=O.COc1ccc(C(=O)O)cc1. The number of nitrogens with zero attached hydrogens (tertiary/aromatic N) is 2. The van der Waals surface area contributed by atoms with Crippen LogP contribution in [0.25, 0.3) is 5.53 Å². The molecule has 0 aliphatic rings. The molecule has 0 heterocycles. The zero-order valence-electron chi connectivity index (χ0n) is 21.2. The first-order chi connectivity index (χ1) is 17.5. The monoisotopic (exact) mass is 536 g/mol. The fourth-order valence-electron chi connectivity index (χ4n) is 2.12. The minimum Gasteiger partial charge on any atom is -0.497 e. The number of benzene rings is 2. The van der Waals surface area contributed by atoms with E-state index >= 15 is 0 Å². The van der Waals surface area contributed by atoms with E-state index < -0.39 is 24.8 Å². The molecule has 2 aromatic rings. The Labute approximate surface area is 214 Å². The van der Waals surface area contributed by atoms with Gasteiger partial charge in [0.15, 0.2) is 0 Å². The summed E-state index contributed by atoms with van der Waals surface area (Å²) in [5.41, 5.74) is 9.26. The lowest BCUT2D eigenvalue weighted by Crippen LogP contribution is -2.13. The number of carbonyl (C=O) groups excluding carboxylic acids is 2. The molecule has 2 N–H and O–H groups in total. The van der Waals surface area contributed by atoms with Gasteiger partial charge in [-0.05, 0) is 48.5 Å². The van der Waals surface area contributed by atoms with Crippen molar-refractivity contribution in [2.75, 3.05) is 35.5 Å². The average molecular weight is 536 g/mol. The molecule has 0 aromatic heterocycles. The number of hydrogen-bond acceptors (Lipinski definition) is 9. The summed E-state index contributed by atoms with van der Waals surface area (Å²) in [6.45, 7) is 1.10. The van der Waals surface area contributed by atoms with Gasteiger partial charge in [-0.2, -0.15) is 4.79 Å². The molecule has 12 nitrogen and oxygen atoms in total. The number of aliphatic hydroxyl groups is 1. The van der Waals surface area contributed by atoms with Crippen LogP contribution in [0, 0.1) is 12.3 Å². The third kappa shape index (κ3) is 12.4. The lowest BCUT2D eigenvalue weighted by atomic mass is 10.1. The van der Waals surface area contributed by atoms with E-state index in [4.69, 9.17) is 26.9 Å². The second kappa shape index (κ2) is 19.1. The third-order valence-corrected chi connectivity index (χ3v) is 5.84. The van der Waals surface area contributed by atoms with Crippen molar-refractivity contribution in [1.29, 1.82) is 0 Å². The Morgan fingerprint density at radius 3 is 1.65 bits per heavy atom. The molecule has 0 saturated heterocycles. The van der Waals surface area contributed by atoms with Gasteiger partial charge in [0, 0.05) is 33.8 Å². The lowest BCUT2D eigenvalue weighted by molar-refractivity contribution is -0.114. The summed E-state index contributed by atoms with van der Waals surface area (Å²) in [7, 11) is 2.38. The molecule has 2 aromatic carbocycles. The Morgan fingerprint density at radius 2 is 1.38 bits per heavy atom. The number of Topliss-reactive ketones (excluding diaryl/α,β-unsaturated/α-hetero) is 1. The zero-order valence-corrected chi connectivity index (χ0v) is 22.1. The number of hydrogen-bond donors (Lipinski definition) is 2. The number of carboxylic acid groups (broad SMARTS) is 1. The molecule has 0 bridgehead atoms. The van der Waals surface area contributed by atoms with E-state index in [-0.39, 0.29) is 11.5 Å². The standard InChI is InChI=1S/C10H8O2.C8H8O3.C5H9N2O4P.CH4O/c1-3-8-4-6-9(7-5-8)10(11)12-2;1-11-7-4-2-6(3-5-7)8(9)10;1-4(8)5(7-6)12(9,10-2)11-3;1-2/h1,4-7H,2H3;2-5H,1H3,(H,9,10);1-3H3;2H,1H3. The van der Waals surface area contributed by atoms with Crippen LogP contribution in [0.4, 0.5) is 0 Å². The van der Waals surface area contributed by atoms with Gasteiger partial charge in [-0.25, -0.2) is 14.2 Å². The number of aliphatic hydroxyl groups excluding tert-OH is 1. The minimum atomic E-state index is -3.70. The number of methoxy groups -OCH3 is 2. The molecule has 0 aliphatic carbocycles. The Kier molecular flexibility index (Phi) is 18.1. The number of terminal acetylenes is 1. The van der Waals surface area contributed by atoms with E-state index in [1.807, 2.05) is 0 Å². The number of ketones is 1. The molecule has 37 heavy (non-hydrogen) atoms. The van der Waals surface area contributed by atoms with Crippen LogP contribution in [0.5, 0.6) is 5.75 Å². The fraction of sp³-hybridized carbons (Fsp3) is 0.250. The number of carboxylic acids is 1. The molecule has 2 rings (SSSR count). The predicted molar refractivity (Wildman–Crippen MR) is 135 cm³/mol. The van der Waals surface area contributed by atoms with Crippen molar-refractivity contribution in [3.8, 4) is 18.1 Å². The van der Waals surface area contributed by atoms with Crippen LogP contribution in [0.2, 0.25) is 0 Å². The lowest BCUT2D eigenvalue weighted by Gasteiger charge is -2.05. The van der Waals surface area contributed by atoms with E-state index in [9.17, 15) is 18.9 Å². The summed E-state index contributed by atoms with van der Waals surface area (Å²) in [5, 5.41) is 15.5. The molecule has 0 spiro atoms. The predicted octanol–water partition coefficient (Wildman–Crippen LogP) is 3.15. The van der Waals surface area contributed by atoms with E-state index in [1.165, 1.54) is 26.4 Å². The highest BCUT2D eigenvalue weighted by molar-refractivity contribution is 7.74. The number of esters is 1. The van der Waals surface area contributed by atoms with Gasteiger partial charge in [-0.3, -0.25) is 4.79 Å². The van der Waals surface area contributed by atoms with Crippen LogP contribution in [0.15, 0.2) is 48.5 Å². The van der Waals surface area contributed by atoms with Crippen molar-refractivity contribution < 1.29 is 52.5 Å². The number of ether oxygens (including phenoxy) is 2.